The first-order valence-electron chi connectivity index (χ1n) is 7.52. The maximum absolute atomic E-state index is 14.1. The third-order valence-corrected chi connectivity index (χ3v) is 3.88. The lowest BCUT2D eigenvalue weighted by molar-refractivity contribution is -0.140. The minimum atomic E-state index is -4.70. The molecule has 0 amide bonds. The SMILES string of the molecule is Fc1ccc(F)c(-n2ncc3c(-c4cncnc4C(F)(F)F)ccnc32)c1. The van der Waals surface area contributed by atoms with Crippen molar-refractivity contribution in [2.24, 2.45) is 0 Å². The van der Waals surface area contributed by atoms with Crippen LogP contribution < -0.4 is 0 Å². The van der Waals surface area contributed by atoms with Gasteiger partial charge in [0.05, 0.1) is 6.20 Å². The number of aromatic nitrogens is 5. The third-order valence-electron chi connectivity index (χ3n) is 3.88. The number of halogens is 5. The predicted molar refractivity (Wildman–Crippen MR) is 84.8 cm³/mol. The fourth-order valence-electron chi connectivity index (χ4n) is 2.74. The number of benzene rings is 1. The zero-order chi connectivity index (χ0) is 19.2. The van der Waals surface area contributed by atoms with Crippen molar-refractivity contribution in [2.75, 3.05) is 0 Å². The van der Waals surface area contributed by atoms with Gasteiger partial charge in [0.2, 0.25) is 0 Å². The molecule has 0 fully saturated rings. The van der Waals surface area contributed by atoms with Crippen LogP contribution in [0, 0.1) is 11.6 Å². The van der Waals surface area contributed by atoms with Crippen molar-refractivity contribution in [1.29, 1.82) is 0 Å². The lowest BCUT2D eigenvalue weighted by Gasteiger charge is -2.11. The van der Waals surface area contributed by atoms with Crippen LogP contribution in [-0.2, 0) is 6.18 Å². The first-order valence-corrected chi connectivity index (χ1v) is 7.52. The van der Waals surface area contributed by atoms with Crippen LogP contribution in [0.25, 0.3) is 27.8 Å². The van der Waals surface area contributed by atoms with Gasteiger partial charge < -0.3 is 0 Å². The third kappa shape index (κ3) is 2.88. The van der Waals surface area contributed by atoms with Crippen LogP contribution >= 0.6 is 0 Å². The Morgan fingerprint density at radius 2 is 1.74 bits per heavy atom. The summed E-state index contributed by atoms with van der Waals surface area (Å²) in [6.45, 7) is 0. The summed E-state index contributed by atoms with van der Waals surface area (Å²) >= 11 is 0. The molecular formula is C17H8F5N5. The van der Waals surface area contributed by atoms with Crippen LogP contribution in [0.4, 0.5) is 22.0 Å². The molecule has 0 aliphatic heterocycles. The maximum Gasteiger partial charge on any atom is 0.434 e. The molecule has 5 nitrogen and oxygen atoms in total. The van der Waals surface area contributed by atoms with E-state index >= 15 is 0 Å². The monoisotopic (exact) mass is 377 g/mol. The van der Waals surface area contributed by atoms with Crippen molar-refractivity contribution in [3.63, 3.8) is 0 Å². The molecule has 4 rings (SSSR count). The van der Waals surface area contributed by atoms with Gasteiger partial charge in [-0.1, -0.05) is 0 Å². The van der Waals surface area contributed by atoms with Crippen molar-refractivity contribution in [2.45, 2.75) is 6.18 Å². The molecule has 136 valence electrons. The van der Waals surface area contributed by atoms with Gasteiger partial charge in [0.25, 0.3) is 0 Å². The summed E-state index contributed by atoms with van der Waals surface area (Å²) in [5.41, 5.74) is -1.41. The van der Waals surface area contributed by atoms with Crippen molar-refractivity contribution in [3.05, 3.63) is 66.5 Å². The fourth-order valence-corrected chi connectivity index (χ4v) is 2.74. The van der Waals surface area contributed by atoms with Gasteiger partial charge in [-0.3, -0.25) is 0 Å². The summed E-state index contributed by atoms with van der Waals surface area (Å²) in [5.74, 6) is -1.45. The van der Waals surface area contributed by atoms with Crippen LogP contribution in [0.15, 0.2) is 49.2 Å². The summed E-state index contributed by atoms with van der Waals surface area (Å²) in [6.07, 6.45) is -0.380. The topological polar surface area (TPSA) is 56.5 Å². The van der Waals surface area contributed by atoms with E-state index in [1.165, 1.54) is 18.5 Å². The molecule has 27 heavy (non-hydrogen) atoms. The highest BCUT2D eigenvalue weighted by atomic mass is 19.4. The summed E-state index contributed by atoms with van der Waals surface area (Å²) in [4.78, 5) is 11.1. The van der Waals surface area contributed by atoms with Gasteiger partial charge in [-0.05, 0) is 23.8 Å². The highest BCUT2D eigenvalue weighted by Gasteiger charge is 2.36. The molecule has 0 unspecified atom stereocenters. The van der Waals surface area contributed by atoms with Gasteiger partial charge >= 0.3 is 6.18 Å². The van der Waals surface area contributed by atoms with Gasteiger partial charge in [-0.15, -0.1) is 0 Å². The Morgan fingerprint density at radius 1 is 0.926 bits per heavy atom. The number of hydrogen-bond donors (Lipinski definition) is 0. The molecule has 4 aromatic rings. The lowest BCUT2D eigenvalue weighted by Crippen LogP contribution is -2.10. The highest BCUT2D eigenvalue weighted by molar-refractivity contribution is 5.93. The largest absolute Gasteiger partial charge is 0.434 e. The number of rotatable bonds is 2. The highest BCUT2D eigenvalue weighted by Crippen LogP contribution is 2.37. The second-order valence-electron chi connectivity index (χ2n) is 5.53. The number of nitrogens with zero attached hydrogens (tertiary/aromatic N) is 5. The van der Waals surface area contributed by atoms with Gasteiger partial charge in [-0.2, -0.15) is 18.3 Å². The van der Waals surface area contributed by atoms with Crippen LogP contribution in [0.2, 0.25) is 0 Å². The molecule has 0 saturated carbocycles. The van der Waals surface area contributed by atoms with E-state index in [0.717, 1.165) is 35.4 Å². The van der Waals surface area contributed by atoms with Gasteiger partial charge in [0.15, 0.2) is 11.3 Å². The van der Waals surface area contributed by atoms with Gasteiger partial charge in [0, 0.05) is 29.4 Å². The van der Waals surface area contributed by atoms with E-state index in [9.17, 15) is 22.0 Å². The van der Waals surface area contributed by atoms with Gasteiger partial charge in [0.1, 0.15) is 23.6 Å². The fraction of sp³-hybridized carbons (Fsp3) is 0.0588. The van der Waals surface area contributed by atoms with E-state index in [0.29, 0.717) is 0 Å². The van der Waals surface area contributed by atoms with Crippen LogP contribution in [0.3, 0.4) is 0 Å². The number of alkyl halides is 3. The smallest absolute Gasteiger partial charge is 0.244 e. The molecule has 0 spiro atoms. The van der Waals surface area contributed by atoms with Crippen molar-refractivity contribution < 1.29 is 22.0 Å². The average molecular weight is 377 g/mol. The molecule has 0 N–H and O–H groups in total. The molecule has 0 bridgehead atoms. The second kappa shape index (κ2) is 6.08. The Balaban J connectivity index is 1.97. The number of pyridine rings is 1. The molecule has 3 heterocycles. The first kappa shape index (κ1) is 17.0. The molecule has 0 radical (unpaired) electrons. The molecule has 1 aromatic carbocycles. The van der Waals surface area contributed by atoms with Crippen LogP contribution in [-0.4, -0.2) is 24.7 Å². The normalized spacial score (nSPS) is 11.9. The van der Waals surface area contributed by atoms with E-state index in [2.05, 4.69) is 20.1 Å². The minimum Gasteiger partial charge on any atom is -0.244 e. The van der Waals surface area contributed by atoms with Crippen LogP contribution in [0.1, 0.15) is 5.69 Å². The second-order valence-corrected chi connectivity index (χ2v) is 5.53. The molecular weight excluding hydrogens is 369 g/mol. The molecule has 0 aliphatic carbocycles. The summed E-state index contributed by atoms with van der Waals surface area (Å²) in [7, 11) is 0. The summed E-state index contributed by atoms with van der Waals surface area (Å²) in [6, 6.07) is 4.14. The summed E-state index contributed by atoms with van der Waals surface area (Å²) in [5, 5.41) is 4.18. The Morgan fingerprint density at radius 3 is 2.52 bits per heavy atom. The van der Waals surface area contributed by atoms with E-state index in [1.54, 1.807) is 0 Å². The van der Waals surface area contributed by atoms with Crippen molar-refractivity contribution in [1.82, 2.24) is 24.7 Å². The van der Waals surface area contributed by atoms with Crippen molar-refractivity contribution >= 4 is 11.0 Å². The first-order chi connectivity index (χ1) is 12.9. The quantitative estimate of drug-likeness (QED) is 0.492. The van der Waals surface area contributed by atoms with E-state index < -0.39 is 23.5 Å². The Hall–Kier alpha value is -3.43. The Bertz CT molecular complexity index is 1150. The molecule has 0 atom stereocenters. The minimum absolute atomic E-state index is 0.0639. The summed E-state index contributed by atoms with van der Waals surface area (Å²) < 4.78 is 68.5. The van der Waals surface area contributed by atoms with E-state index in [1.807, 2.05) is 0 Å². The molecule has 10 heteroatoms. The zero-order valence-electron chi connectivity index (χ0n) is 13.2. The predicted octanol–water partition coefficient (Wildman–Crippen LogP) is 4.17. The van der Waals surface area contributed by atoms with E-state index in [-0.39, 0.29) is 27.8 Å². The zero-order valence-corrected chi connectivity index (χ0v) is 13.2. The standard InChI is InChI=1S/C17H8F5N5/c18-9-1-2-13(19)14(5-9)27-16-12(7-26-27)10(3-4-24-16)11-6-23-8-25-15(11)17(20,21)22/h1-8H. The Kier molecular flexibility index (Phi) is 3.83. The average Bonchev–Trinajstić information content (AvgIpc) is 3.07. The van der Waals surface area contributed by atoms with Crippen LogP contribution in [0.5, 0.6) is 0 Å². The number of hydrogen-bond acceptors (Lipinski definition) is 4. The van der Waals surface area contributed by atoms with E-state index in [4.69, 9.17) is 0 Å². The number of fused-ring (bicyclic) bond motifs is 1. The lowest BCUT2D eigenvalue weighted by atomic mass is 10.0. The molecule has 0 aliphatic rings. The molecule has 0 saturated heterocycles. The van der Waals surface area contributed by atoms with Crippen molar-refractivity contribution in [3.8, 4) is 16.8 Å². The van der Waals surface area contributed by atoms with Gasteiger partial charge in [-0.25, -0.2) is 28.4 Å². The Labute approximate surface area is 148 Å². The molecule has 3 aromatic heterocycles. The maximum atomic E-state index is 14.1.